The van der Waals surface area contributed by atoms with Gasteiger partial charge < -0.3 is 0 Å². The van der Waals surface area contributed by atoms with E-state index in [0.29, 0.717) is 5.01 Å². The first kappa shape index (κ1) is 11.1. The normalized spacial score (nSPS) is 10.1. The number of hydrogen-bond acceptors (Lipinski definition) is 2. The van der Waals surface area contributed by atoms with Crippen molar-refractivity contribution in [3.05, 3.63) is 33.8 Å². The molecule has 0 bridgehead atoms. The van der Waals surface area contributed by atoms with E-state index in [1.54, 1.807) is 0 Å². The van der Waals surface area contributed by atoms with Gasteiger partial charge in [-0.05, 0) is 28.1 Å². The third-order valence-electron chi connectivity index (χ3n) is 1.59. The summed E-state index contributed by atoms with van der Waals surface area (Å²) in [4.78, 5) is 11.2. The Morgan fingerprint density at radius 3 is 2.50 bits per heavy atom. The lowest BCUT2D eigenvalue weighted by atomic mass is 10.2. The summed E-state index contributed by atoms with van der Waals surface area (Å²) in [6, 6.07) is 2.41. The summed E-state index contributed by atoms with van der Waals surface area (Å²) >= 11 is 2.80. The van der Waals surface area contributed by atoms with Crippen molar-refractivity contribution >= 4 is 21.8 Å². The van der Waals surface area contributed by atoms with Crippen LogP contribution in [0.1, 0.15) is 10.4 Å². The molecular formula is C8H7BrF2N2O. The summed E-state index contributed by atoms with van der Waals surface area (Å²) in [5.74, 6) is 2.02. The first-order chi connectivity index (χ1) is 6.45. The lowest BCUT2D eigenvalue weighted by Gasteiger charge is -2.10. The number of halogens is 3. The van der Waals surface area contributed by atoms with Crippen molar-refractivity contribution in [1.82, 2.24) is 5.01 Å². The molecule has 1 aromatic carbocycles. The van der Waals surface area contributed by atoms with E-state index in [1.807, 2.05) is 0 Å². The van der Waals surface area contributed by atoms with Crippen LogP contribution in [0, 0.1) is 11.6 Å². The second-order valence-electron chi connectivity index (χ2n) is 2.64. The smallest absolute Gasteiger partial charge is 0.270 e. The minimum absolute atomic E-state index is 0.0359. The van der Waals surface area contributed by atoms with Crippen molar-refractivity contribution in [1.29, 1.82) is 0 Å². The molecule has 0 fully saturated rings. The molecule has 0 aromatic heterocycles. The zero-order chi connectivity index (χ0) is 10.9. The Kier molecular flexibility index (Phi) is 3.17. The van der Waals surface area contributed by atoms with Crippen molar-refractivity contribution in [3.63, 3.8) is 0 Å². The maximum atomic E-state index is 13.2. The number of hydrazine groups is 1. The summed E-state index contributed by atoms with van der Waals surface area (Å²) in [5, 5.41) is 0.686. The molecule has 0 heterocycles. The highest BCUT2D eigenvalue weighted by Gasteiger charge is 2.18. The number of carbonyl (C=O) groups excluding carboxylic acids is 1. The standard InChI is InChI=1S/C8H7BrF2N2O/c1-13(12)8(14)4-2-3-5(9)7(11)6(4)10/h2-3H,12H2,1H3. The van der Waals surface area contributed by atoms with Gasteiger partial charge >= 0.3 is 0 Å². The highest BCUT2D eigenvalue weighted by Crippen LogP contribution is 2.21. The number of benzene rings is 1. The minimum Gasteiger partial charge on any atom is -0.280 e. The first-order valence-corrected chi connectivity index (χ1v) is 4.40. The van der Waals surface area contributed by atoms with Crippen LogP contribution < -0.4 is 5.84 Å². The maximum Gasteiger partial charge on any atom is 0.270 e. The fourth-order valence-electron chi connectivity index (χ4n) is 0.881. The number of nitrogens with zero attached hydrogens (tertiary/aromatic N) is 1. The molecule has 0 aliphatic rings. The number of nitrogens with two attached hydrogens (primary N) is 1. The molecule has 1 aromatic rings. The van der Waals surface area contributed by atoms with Crippen LogP contribution in [0.4, 0.5) is 8.78 Å². The molecule has 2 N–H and O–H groups in total. The van der Waals surface area contributed by atoms with Crippen molar-refractivity contribution in [2.45, 2.75) is 0 Å². The minimum atomic E-state index is -1.21. The average molecular weight is 265 g/mol. The summed E-state index contributed by atoms with van der Waals surface area (Å²) in [7, 11) is 1.25. The van der Waals surface area contributed by atoms with Crippen LogP contribution in [-0.2, 0) is 0 Å². The number of rotatable bonds is 1. The van der Waals surface area contributed by atoms with E-state index in [1.165, 1.54) is 13.1 Å². The highest BCUT2D eigenvalue weighted by molar-refractivity contribution is 9.10. The van der Waals surface area contributed by atoms with Crippen LogP contribution in [0.15, 0.2) is 16.6 Å². The molecule has 14 heavy (non-hydrogen) atoms. The lowest BCUT2D eigenvalue weighted by Crippen LogP contribution is -2.33. The maximum absolute atomic E-state index is 13.2. The second kappa shape index (κ2) is 4.02. The molecule has 0 unspecified atom stereocenters. The Morgan fingerprint density at radius 2 is 2.00 bits per heavy atom. The van der Waals surface area contributed by atoms with E-state index in [2.05, 4.69) is 15.9 Å². The molecular weight excluding hydrogens is 258 g/mol. The molecule has 6 heteroatoms. The van der Waals surface area contributed by atoms with Gasteiger partial charge in [0, 0.05) is 7.05 Å². The fraction of sp³-hybridized carbons (Fsp3) is 0.125. The van der Waals surface area contributed by atoms with Gasteiger partial charge in [-0.25, -0.2) is 14.6 Å². The quantitative estimate of drug-likeness (QED) is 0.363. The predicted octanol–water partition coefficient (Wildman–Crippen LogP) is 1.67. The average Bonchev–Trinajstić information content (AvgIpc) is 2.13. The largest absolute Gasteiger partial charge is 0.280 e. The first-order valence-electron chi connectivity index (χ1n) is 3.61. The molecule has 0 aliphatic heterocycles. The van der Waals surface area contributed by atoms with Crippen LogP contribution in [0.3, 0.4) is 0 Å². The van der Waals surface area contributed by atoms with Crippen molar-refractivity contribution < 1.29 is 13.6 Å². The van der Waals surface area contributed by atoms with E-state index in [0.717, 1.165) is 6.07 Å². The number of carbonyl (C=O) groups is 1. The van der Waals surface area contributed by atoms with Gasteiger partial charge in [0.05, 0.1) is 10.0 Å². The van der Waals surface area contributed by atoms with E-state index in [9.17, 15) is 13.6 Å². The molecule has 0 aliphatic carbocycles. The number of amides is 1. The van der Waals surface area contributed by atoms with Gasteiger partial charge in [-0.3, -0.25) is 9.80 Å². The van der Waals surface area contributed by atoms with E-state index < -0.39 is 23.1 Å². The highest BCUT2D eigenvalue weighted by atomic mass is 79.9. The SMILES string of the molecule is CN(N)C(=O)c1ccc(Br)c(F)c1F. The molecule has 0 saturated heterocycles. The van der Waals surface area contributed by atoms with Crippen LogP contribution in [-0.4, -0.2) is 18.0 Å². The van der Waals surface area contributed by atoms with E-state index >= 15 is 0 Å². The molecule has 0 saturated carbocycles. The van der Waals surface area contributed by atoms with Gasteiger partial charge in [0.2, 0.25) is 0 Å². The predicted molar refractivity (Wildman–Crippen MR) is 50.3 cm³/mol. The Hall–Kier alpha value is -1.01. The van der Waals surface area contributed by atoms with Crippen LogP contribution in [0.25, 0.3) is 0 Å². The summed E-state index contributed by atoms with van der Waals surface area (Å²) in [6.45, 7) is 0. The molecule has 0 radical (unpaired) electrons. The van der Waals surface area contributed by atoms with Gasteiger partial charge in [0.15, 0.2) is 11.6 Å². The van der Waals surface area contributed by atoms with Gasteiger partial charge in [-0.2, -0.15) is 0 Å². The van der Waals surface area contributed by atoms with Gasteiger partial charge in [-0.15, -0.1) is 0 Å². The molecule has 0 spiro atoms. The third kappa shape index (κ3) is 1.91. The summed E-state index contributed by atoms with van der Waals surface area (Å²) in [5.41, 5.74) is -0.393. The van der Waals surface area contributed by atoms with E-state index in [-0.39, 0.29) is 4.47 Å². The van der Waals surface area contributed by atoms with Gasteiger partial charge in [-0.1, -0.05) is 0 Å². The van der Waals surface area contributed by atoms with Crippen molar-refractivity contribution in [3.8, 4) is 0 Å². The third-order valence-corrected chi connectivity index (χ3v) is 2.20. The Balaban J connectivity index is 3.24. The Labute approximate surface area is 87.6 Å². The fourth-order valence-corrected chi connectivity index (χ4v) is 1.19. The summed E-state index contributed by atoms with van der Waals surface area (Å²) in [6.07, 6.45) is 0. The topological polar surface area (TPSA) is 46.3 Å². The van der Waals surface area contributed by atoms with Crippen LogP contribution in [0.2, 0.25) is 0 Å². The van der Waals surface area contributed by atoms with Crippen LogP contribution >= 0.6 is 15.9 Å². The Bertz CT molecular complexity index is 382. The van der Waals surface area contributed by atoms with Crippen molar-refractivity contribution in [2.24, 2.45) is 5.84 Å². The molecule has 76 valence electrons. The summed E-state index contributed by atoms with van der Waals surface area (Å²) < 4.78 is 26.1. The van der Waals surface area contributed by atoms with Crippen molar-refractivity contribution in [2.75, 3.05) is 7.05 Å². The van der Waals surface area contributed by atoms with Crippen LogP contribution in [0.5, 0.6) is 0 Å². The van der Waals surface area contributed by atoms with E-state index in [4.69, 9.17) is 5.84 Å². The lowest BCUT2D eigenvalue weighted by molar-refractivity contribution is 0.0789. The second-order valence-corrected chi connectivity index (χ2v) is 3.49. The zero-order valence-electron chi connectivity index (χ0n) is 7.22. The Morgan fingerprint density at radius 1 is 1.43 bits per heavy atom. The van der Waals surface area contributed by atoms with Gasteiger partial charge in [0.1, 0.15) is 0 Å². The molecule has 0 atom stereocenters. The molecule has 1 rings (SSSR count). The van der Waals surface area contributed by atoms with Gasteiger partial charge in [0.25, 0.3) is 5.91 Å². The molecule has 1 amide bonds. The zero-order valence-corrected chi connectivity index (χ0v) is 8.81. The molecule has 3 nitrogen and oxygen atoms in total. The monoisotopic (exact) mass is 264 g/mol. The number of hydrogen-bond donors (Lipinski definition) is 1.